The molecule has 1 heterocycles. The molecule has 0 aliphatic heterocycles. The maximum absolute atomic E-state index is 5.72. The number of halogens is 1. The summed E-state index contributed by atoms with van der Waals surface area (Å²) in [5.74, 6) is 5.72. The Morgan fingerprint density at radius 2 is 2.00 bits per heavy atom. The highest BCUT2D eigenvalue weighted by molar-refractivity contribution is 9.10. The van der Waals surface area contributed by atoms with Crippen LogP contribution in [0.4, 0.5) is 0 Å². The Bertz CT molecular complexity index is 522. The quantitative estimate of drug-likeness (QED) is 0.670. The van der Waals surface area contributed by atoms with E-state index in [9.17, 15) is 0 Å². The molecule has 0 saturated heterocycles. The Labute approximate surface area is 114 Å². The van der Waals surface area contributed by atoms with Gasteiger partial charge in [0.25, 0.3) is 0 Å². The molecule has 1 aromatic heterocycles. The van der Waals surface area contributed by atoms with Gasteiger partial charge in [0.05, 0.1) is 6.04 Å². The van der Waals surface area contributed by atoms with Gasteiger partial charge in [-0.15, -0.1) is 11.3 Å². The van der Waals surface area contributed by atoms with E-state index in [1.54, 1.807) is 11.3 Å². The number of nitrogens with one attached hydrogen (secondary N) is 1. The Morgan fingerprint density at radius 1 is 1.24 bits per heavy atom. The highest BCUT2D eigenvalue weighted by atomic mass is 79.9. The van der Waals surface area contributed by atoms with Crippen LogP contribution in [0.3, 0.4) is 0 Å². The van der Waals surface area contributed by atoms with Crippen LogP contribution >= 0.6 is 27.3 Å². The fraction of sp³-hybridized carbons (Fsp3) is 0.231. The first-order valence-corrected chi connectivity index (χ1v) is 7.07. The van der Waals surface area contributed by atoms with Crippen LogP contribution in [0.5, 0.6) is 0 Å². The van der Waals surface area contributed by atoms with Crippen molar-refractivity contribution in [2.24, 2.45) is 5.84 Å². The number of hydrazine groups is 1. The molecule has 0 spiro atoms. The van der Waals surface area contributed by atoms with Crippen LogP contribution in [0.25, 0.3) is 0 Å². The molecule has 17 heavy (non-hydrogen) atoms. The van der Waals surface area contributed by atoms with Crippen LogP contribution in [-0.2, 0) is 0 Å². The molecular weight excluding hydrogens is 296 g/mol. The molecule has 1 unspecified atom stereocenters. The van der Waals surface area contributed by atoms with Gasteiger partial charge >= 0.3 is 0 Å². The largest absolute Gasteiger partial charge is 0.271 e. The second kappa shape index (κ2) is 5.31. The van der Waals surface area contributed by atoms with Crippen molar-refractivity contribution in [3.63, 3.8) is 0 Å². The summed E-state index contributed by atoms with van der Waals surface area (Å²) in [4.78, 5) is 1.28. The molecule has 2 nitrogen and oxygen atoms in total. The molecule has 1 aromatic carbocycles. The summed E-state index contributed by atoms with van der Waals surface area (Å²) in [6, 6.07) is 8.47. The lowest BCUT2D eigenvalue weighted by atomic mass is 9.99. The predicted molar refractivity (Wildman–Crippen MR) is 77.1 cm³/mol. The summed E-state index contributed by atoms with van der Waals surface area (Å²) in [5, 5.41) is 2.10. The van der Waals surface area contributed by atoms with Crippen molar-refractivity contribution in [3.05, 3.63) is 55.7 Å². The van der Waals surface area contributed by atoms with Crippen LogP contribution in [0.2, 0.25) is 0 Å². The second-order valence-corrected chi connectivity index (χ2v) is 5.93. The molecule has 0 aliphatic carbocycles. The third-order valence-electron chi connectivity index (χ3n) is 2.87. The number of thiophene rings is 1. The number of rotatable bonds is 3. The van der Waals surface area contributed by atoms with Gasteiger partial charge in [-0.25, -0.2) is 5.43 Å². The van der Waals surface area contributed by atoms with E-state index in [0.717, 1.165) is 4.47 Å². The molecule has 0 aliphatic rings. The van der Waals surface area contributed by atoms with Crippen LogP contribution in [-0.4, -0.2) is 0 Å². The van der Waals surface area contributed by atoms with Gasteiger partial charge in [0.15, 0.2) is 0 Å². The highest BCUT2D eigenvalue weighted by Gasteiger charge is 2.17. The van der Waals surface area contributed by atoms with Gasteiger partial charge in [0.2, 0.25) is 0 Å². The Hall–Kier alpha value is -0.680. The Balaban J connectivity index is 2.46. The topological polar surface area (TPSA) is 38.0 Å². The maximum Gasteiger partial charge on any atom is 0.0807 e. The minimum atomic E-state index is 0.0723. The first kappa shape index (κ1) is 12.8. The molecule has 90 valence electrons. The first-order valence-electron chi connectivity index (χ1n) is 5.39. The zero-order valence-corrected chi connectivity index (χ0v) is 12.2. The molecule has 0 radical (unpaired) electrons. The van der Waals surface area contributed by atoms with Gasteiger partial charge in [-0.1, -0.05) is 22.0 Å². The minimum Gasteiger partial charge on any atom is -0.271 e. The van der Waals surface area contributed by atoms with Crippen molar-refractivity contribution in [3.8, 4) is 0 Å². The molecule has 3 N–H and O–H groups in total. The molecule has 0 fully saturated rings. The third kappa shape index (κ3) is 2.60. The van der Waals surface area contributed by atoms with Gasteiger partial charge in [-0.2, -0.15) is 0 Å². The SMILES string of the molecule is Cc1cc(Br)ccc1C(NN)c1sccc1C. The number of hydrogen-bond acceptors (Lipinski definition) is 3. The monoisotopic (exact) mass is 310 g/mol. The standard InChI is InChI=1S/C13H15BrN2S/c1-8-5-6-17-13(8)12(16-15)11-4-3-10(14)7-9(11)2/h3-7,12,16H,15H2,1-2H3. The molecule has 4 heteroatoms. The summed E-state index contributed by atoms with van der Waals surface area (Å²) in [6.45, 7) is 4.22. The van der Waals surface area contributed by atoms with Crippen LogP contribution in [0.1, 0.15) is 27.6 Å². The van der Waals surface area contributed by atoms with Crippen LogP contribution < -0.4 is 11.3 Å². The van der Waals surface area contributed by atoms with E-state index in [2.05, 4.69) is 64.8 Å². The van der Waals surface area contributed by atoms with Crippen LogP contribution in [0, 0.1) is 13.8 Å². The van der Waals surface area contributed by atoms with E-state index in [-0.39, 0.29) is 6.04 Å². The molecule has 2 rings (SSSR count). The molecule has 0 amide bonds. The lowest BCUT2D eigenvalue weighted by Crippen LogP contribution is -2.29. The Morgan fingerprint density at radius 3 is 2.53 bits per heavy atom. The summed E-state index contributed by atoms with van der Waals surface area (Å²) >= 11 is 5.22. The van der Waals surface area contributed by atoms with E-state index >= 15 is 0 Å². The van der Waals surface area contributed by atoms with E-state index in [1.165, 1.54) is 21.6 Å². The second-order valence-electron chi connectivity index (χ2n) is 4.07. The Kier molecular flexibility index (Phi) is 3.99. The zero-order chi connectivity index (χ0) is 12.4. The third-order valence-corrected chi connectivity index (χ3v) is 4.45. The van der Waals surface area contributed by atoms with Crippen molar-refractivity contribution < 1.29 is 0 Å². The van der Waals surface area contributed by atoms with Crippen molar-refractivity contribution in [2.45, 2.75) is 19.9 Å². The lowest BCUT2D eigenvalue weighted by molar-refractivity contribution is 0.640. The van der Waals surface area contributed by atoms with Crippen molar-refractivity contribution in [1.82, 2.24) is 5.43 Å². The fourth-order valence-electron chi connectivity index (χ4n) is 1.95. The highest BCUT2D eigenvalue weighted by Crippen LogP contribution is 2.31. The molecule has 2 aromatic rings. The van der Waals surface area contributed by atoms with Gasteiger partial charge in [-0.05, 0) is 54.1 Å². The molecule has 0 saturated carbocycles. The van der Waals surface area contributed by atoms with E-state index < -0.39 is 0 Å². The molecular formula is C13H15BrN2S. The summed E-state index contributed by atoms with van der Waals surface area (Å²) in [5.41, 5.74) is 6.65. The molecule has 1 atom stereocenters. The van der Waals surface area contributed by atoms with Gasteiger partial charge in [-0.3, -0.25) is 5.84 Å². The normalized spacial score (nSPS) is 12.7. The number of benzene rings is 1. The number of hydrogen-bond donors (Lipinski definition) is 2. The van der Waals surface area contributed by atoms with Crippen molar-refractivity contribution in [1.29, 1.82) is 0 Å². The average Bonchev–Trinajstić information content (AvgIpc) is 2.69. The fourth-order valence-corrected chi connectivity index (χ4v) is 3.43. The summed E-state index contributed by atoms with van der Waals surface area (Å²) in [6.07, 6.45) is 0. The van der Waals surface area contributed by atoms with E-state index in [4.69, 9.17) is 5.84 Å². The smallest absolute Gasteiger partial charge is 0.0807 e. The summed E-state index contributed by atoms with van der Waals surface area (Å²) in [7, 11) is 0. The zero-order valence-electron chi connectivity index (χ0n) is 9.83. The van der Waals surface area contributed by atoms with Gasteiger partial charge in [0, 0.05) is 9.35 Å². The maximum atomic E-state index is 5.72. The van der Waals surface area contributed by atoms with Crippen molar-refractivity contribution >= 4 is 27.3 Å². The minimum absolute atomic E-state index is 0.0723. The average molecular weight is 311 g/mol. The van der Waals surface area contributed by atoms with Crippen LogP contribution in [0.15, 0.2) is 34.1 Å². The first-order chi connectivity index (χ1) is 8.13. The van der Waals surface area contributed by atoms with E-state index in [0.29, 0.717) is 0 Å². The lowest BCUT2D eigenvalue weighted by Gasteiger charge is -2.18. The molecule has 0 bridgehead atoms. The summed E-state index contributed by atoms with van der Waals surface area (Å²) < 4.78 is 1.09. The number of aryl methyl sites for hydroxylation is 2. The number of nitrogens with two attached hydrogens (primary N) is 1. The predicted octanol–water partition coefficient (Wildman–Crippen LogP) is 3.68. The van der Waals surface area contributed by atoms with Gasteiger partial charge in [0.1, 0.15) is 0 Å². The van der Waals surface area contributed by atoms with Gasteiger partial charge < -0.3 is 0 Å². The van der Waals surface area contributed by atoms with Crippen molar-refractivity contribution in [2.75, 3.05) is 0 Å². The van der Waals surface area contributed by atoms with E-state index in [1.807, 2.05) is 0 Å².